The quantitative estimate of drug-likeness (QED) is 0.348. The molecule has 0 radical (unpaired) electrons. The first-order valence-corrected chi connectivity index (χ1v) is 14.4. The summed E-state index contributed by atoms with van der Waals surface area (Å²) >= 11 is -0.438. The summed E-state index contributed by atoms with van der Waals surface area (Å²) in [5, 5.41) is 4.30. The molecule has 0 bridgehead atoms. The van der Waals surface area contributed by atoms with Crippen LogP contribution in [0.3, 0.4) is 0 Å². The van der Waals surface area contributed by atoms with Gasteiger partial charge in [-0.15, -0.1) is 11.3 Å². The summed E-state index contributed by atoms with van der Waals surface area (Å²) in [6.07, 6.45) is -6.83. The Morgan fingerprint density at radius 3 is 2.52 bits per heavy atom. The van der Waals surface area contributed by atoms with Crippen LogP contribution in [0, 0.1) is 0 Å². The van der Waals surface area contributed by atoms with Crippen molar-refractivity contribution in [1.29, 1.82) is 0 Å². The van der Waals surface area contributed by atoms with E-state index in [2.05, 4.69) is 15.3 Å². The van der Waals surface area contributed by atoms with Crippen LogP contribution in [0.1, 0.15) is 58.5 Å². The topological polar surface area (TPSA) is 110 Å². The van der Waals surface area contributed by atoms with E-state index in [1.165, 1.54) is 6.92 Å². The van der Waals surface area contributed by atoms with Gasteiger partial charge in [0.15, 0.2) is 5.01 Å². The SMILES string of the molecule is CC1CC(F)(F)CN1C(=O)c1nc(C(=O)NC2CC[S+]([O-])CC2)sc1-c1cnc(NCC(F)(F)F)cc1C(F)F. The van der Waals surface area contributed by atoms with Crippen LogP contribution in [0.25, 0.3) is 10.4 Å². The zero-order valence-corrected chi connectivity index (χ0v) is 22.5. The van der Waals surface area contributed by atoms with Crippen LogP contribution in [0.15, 0.2) is 12.3 Å². The Kier molecular flexibility index (Phi) is 8.85. The van der Waals surface area contributed by atoms with E-state index in [0.717, 1.165) is 11.1 Å². The Labute approximate surface area is 230 Å². The maximum absolute atomic E-state index is 14.1. The van der Waals surface area contributed by atoms with Crippen LogP contribution in [0.5, 0.6) is 0 Å². The van der Waals surface area contributed by atoms with Crippen molar-refractivity contribution < 1.29 is 44.9 Å². The fourth-order valence-corrected chi connectivity index (χ4v) is 6.77. The molecule has 2 N–H and O–H groups in total. The van der Waals surface area contributed by atoms with E-state index in [1.807, 2.05) is 5.32 Å². The van der Waals surface area contributed by atoms with Crippen molar-refractivity contribution in [3.05, 3.63) is 28.5 Å². The summed E-state index contributed by atoms with van der Waals surface area (Å²) in [6.45, 7) is -1.09. The summed E-state index contributed by atoms with van der Waals surface area (Å²) in [5.74, 6) is -4.70. The number of pyridine rings is 1. The molecule has 2 saturated heterocycles. The number of nitrogens with one attached hydrogen (secondary N) is 2. The average Bonchev–Trinajstić information content (AvgIpc) is 3.43. The zero-order valence-electron chi connectivity index (χ0n) is 20.9. The van der Waals surface area contributed by atoms with Gasteiger partial charge in [-0.2, -0.15) is 13.2 Å². The minimum atomic E-state index is -4.65. The van der Waals surface area contributed by atoms with Gasteiger partial charge in [0.1, 0.15) is 29.6 Å². The van der Waals surface area contributed by atoms with Crippen molar-refractivity contribution in [2.45, 2.75) is 56.8 Å². The molecule has 4 rings (SSSR count). The monoisotopic (exact) mass is 615 g/mol. The summed E-state index contributed by atoms with van der Waals surface area (Å²) in [7, 11) is 0. The number of alkyl halides is 7. The number of nitrogens with zero attached hydrogens (tertiary/aromatic N) is 3. The second kappa shape index (κ2) is 11.7. The number of aromatic nitrogens is 2. The first-order chi connectivity index (χ1) is 18.6. The van der Waals surface area contributed by atoms with Crippen molar-refractivity contribution >= 4 is 40.1 Å². The van der Waals surface area contributed by atoms with Crippen molar-refractivity contribution in [2.24, 2.45) is 0 Å². The Balaban J connectivity index is 1.72. The lowest BCUT2D eigenvalue weighted by atomic mass is 10.1. The van der Waals surface area contributed by atoms with Gasteiger partial charge in [0, 0.05) is 48.7 Å². The molecular formula is C23H24F7N5O3S2. The summed E-state index contributed by atoms with van der Waals surface area (Å²) in [4.78, 5) is 34.8. The second-order valence-electron chi connectivity index (χ2n) is 9.56. The minimum absolute atomic E-state index is 0.257. The predicted molar refractivity (Wildman–Crippen MR) is 133 cm³/mol. The maximum atomic E-state index is 14.1. The number of hydrogen-bond donors (Lipinski definition) is 2. The Hall–Kier alpha value is -2.66. The first kappa shape index (κ1) is 30.3. The molecule has 0 aromatic carbocycles. The molecule has 1 unspecified atom stereocenters. The van der Waals surface area contributed by atoms with E-state index >= 15 is 0 Å². The highest BCUT2D eigenvalue weighted by Gasteiger charge is 2.46. The van der Waals surface area contributed by atoms with E-state index in [1.54, 1.807) is 0 Å². The molecule has 17 heteroatoms. The molecule has 220 valence electrons. The molecule has 2 aromatic heterocycles. The van der Waals surface area contributed by atoms with Gasteiger partial charge in [-0.25, -0.2) is 27.5 Å². The Morgan fingerprint density at radius 1 is 1.27 bits per heavy atom. The summed E-state index contributed by atoms with van der Waals surface area (Å²) < 4.78 is 106. The Bertz CT molecular complexity index is 1250. The van der Waals surface area contributed by atoms with E-state index in [0.29, 0.717) is 41.8 Å². The molecule has 0 saturated carbocycles. The molecule has 2 aromatic rings. The molecule has 2 fully saturated rings. The molecule has 2 aliphatic rings. The van der Waals surface area contributed by atoms with Crippen molar-refractivity contribution in [3.63, 3.8) is 0 Å². The Morgan fingerprint density at radius 2 is 1.95 bits per heavy atom. The van der Waals surface area contributed by atoms with Crippen molar-refractivity contribution in [1.82, 2.24) is 20.2 Å². The van der Waals surface area contributed by atoms with Gasteiger partial charge < -0.3 is 20.1 Å². The molecule has 1 atom stereocenters. The van der Waals surface area contributed by atoms with Crippen LogP contribution < -0.4 is 10.6 Å². The average molecular weight is 616 g/mol. The van der Waals surface area contributed by atoms with Crippen LogP contribution in [0.4, 0.5) is 36.6 Å². The highest BCUT2D eigenvalue weighted by molar-refractivity contribution is 7.91. The van der Waals surface area contributed by atoms with Gasteiger partial charge in [0.25, 0.3) is 24.2 Å². The molecule has 0 aliphatic carbocycles. The predicted octanol–water partition coefficient (Wildman–Crippen LogP) is 4.63. The zero-order chi connectivity index (χ0) is 29.4. The summed E-state index contributed by atoms with van der Waals surface area (Å²) in [5.41, 5.74) is -1.69. The van der Waals surface area contributed by atoms with Gasteiger partial charge in [-0.3, -0.25) is 9.59 Å². The number of thiazole rings is 1. The van der Waals surface area contributed by atoms with Crippen LogP contribution >= 0.6 is 11.3 Å². The van der Waals surface area contributed by atoms with Gasteiger partial charge in [-0.05, 0) is 13.0 Å². The number of carbonyl (C=O) groups excluding carboxylic acids is 2. The van der Waals surface area contributed by atoms with E-state index in [-0.39, 0.29) is 21.5 Å². The van der Waals surface area contributed by atoms with Crippen LogP contribution in [-0.4, -0.2) is 80.0 Å². The highest BCUT2D eigenvalue weighted by atomic mass is 32.2. The van der Waals surface area contributed by atoms with Crippen LogP contribution in [-0.2, 0) is 11.2 Å². The third-order valence-corrected chi connectivity index (χ3v) is 8.89. The fourth-order valence-electron chi connectivity index (χ4n) is 4.48. The lowest BCUT2D eigenvalue weighted by molar-refractivity contribution is -0.115. The number of carbonyl (C=O) groups is 2. The third kappa shape index (κ3) is 7.15. The molecule has 2 aliphatic heterocycles. The molecule has 2 amide bonds. The van der Waals surface area contributed by atoms with E-state index < -0.39 is 84.1 Å². The molecule has 8 nitrogen and oxygen atoms in total. The standard InChI is InChI=1S/C23H24F7N5O3S2/c1-11-7-22(26,27)10-35(11)21(37)16-17(39-20(34-16)19(36)33-12-2-4-40(38)5-3-12)14-8-31-15(6-13(14)18(24)25)32-9-23(28,29)30/h6,8,11-12,18H,2-5,7,9-10H2,1H3,(H,31,32)(H,33,36). The van der Waals surface area contributed by atoms with Gasteiger partial charge in [-0.1, -0.05) is 11.2 Å². The first-order valence-electron chi connectivity index (χ1n) is 12.1. The maximum Gasteiger partial charge on any atom is 0.405 e. The number of anilines is 1. The lowest BCUT2D eigenvalue weighted by Gasteiger charge is -2.24. The van der Waals surface area contributed by atoms with E-state index in [9.17, 15) is 44.9 Å². The van der Waals surface area contributed by atoms with E-state index in [4.69, 9.17) is 0 Å². The number of halogens is 7. The van der Waals surface area contributed by atoms with Crippen molar-refractivity contribution in [2.75, 3.05) is 29.9 Å². The lowest BCUT2D eigenvalue weighted by Crippen LogP contribution is -2.41. The van der Waals surface area contributed by atoms with Gasteiger partial charge >= 0.3 is 6.18 Å². The second-order valence-corrected chi connectivity index (χ2v) is 12.3. The largest absolute Gasteiger partial charge is 0.616 e. The smallest absolute Gasteiger partial charge is 0.405 e. The molecule has 4 heterocycles. The summed E-state index contributed by atoms with van der Waals surface area (Å²) in [6, 6.07) is -0.570. The number of rotatable bonds is 7. The highest BCUT2D eigenvalue weighted by Crippen LogP contribution is 2.40. The molecule has 0 spiro atoms. The van der Waals surface area contributed by atoms with Gasteiger partial charge in [0.2, 0.25) is 0 Å². The van der Waals surface area contributed by atoms with Crippen LogP contribution in [0.2, 0.25) is 0 Å². The number of likely N-dealkylation sites (tertiary alicyclic amines) is 1. The number of amides is 2. The minimum Gasteiger partial charge on any atom is -0.616 e. The molecular weight excluding hydrogens is 591 g/mol. The fraction of sp³-hybridized carbons (Fsp3) is 0.565. The molecule has 40 heavy (non-hydrogen) atoms. The van der Waals surface area contributed by atoms with Crippen molar-refractivity contribution in [3.8, 4) is 10.4 Å². The van der Waals surface area contributed by atoms with Gasteiger partial charge in [0.05, 0.1) is 11.4 Å². The third-order valence-electron chi connectivity index (χ3n) is 6.42. The number of hydrogen-bond acceptors (Lipinski definition) is 7. The normalized spacial score (nSPS) is 22.9.